The molecule has 0 fully saturated rings. The Balaban J connectivity index is 1.51. The molecule has 4 nitrogen and oxygen atoms in total. The van der Waals surface area contributed by atoms with E-state index in [9.17, 15) is 9.18 Å². The molecular weight excluding hydrogens is 389 g/mol. The summed E-state index contributed by atoms with van der Waals surface area (Å²) in [6.45, 7) is 0. The Bertz CT molecular complexity index is 1290. The standard InChI is InChI=1S/C26H20FN3O/c1-2-18-6-5-8-21(14-18)30-26-23-16-19(10-13-25(23)28-17-29-26)15-22(31)12-11-20-7-3-4-9-24(20)27/h1,3-10,13-14,16-17H,11-12,15H2,(H,28,29,30). The number of halogens is 1. The van der Waals surface area contributed by atoms with E-state index in [-0.39, 0.29) is 24.4 Å². The molecule has 0 aliphatic rings. The van der Waals surface area contributed by atoms with E-state index in [2.05, 4.69) is 21.2 Å². The highest BCUT2D eigenvalue weighted by molar-refractivity contribution is 5.92. The summed E-state index contributed by atoms with van der Waals surface area (Å²) in [6, 6.07) is 19.7. The largest absolute Gasteiger partial charge is 0.340 e. The minimum absolute atomic E-state index is 0.0516. The van der Waals surface area contributed by atoms with Gasteiger partial charge in [-0.2, -0.15) is 0 Å². The molecule has 1 heterocycles. The predicted octanol–water partition coefficient (Wildman–Crippen LogP) is 5.24. The second-order valence-electron chi connectivity index (χ2n) is 7.23. The number of rotatable bonds is 7. The van der Waals surface area contributed by atoms with E-state index >= 15 is 0 Å². The van der Waals surface area contributed by atoms with Crippen LogP contribution in [0.1, 0.15) is 23.1 Å². The number of nitrogens with one attached hydrogen (secondary N) is 1. The van der Waals surface area contributed by atoms with Crippen molar-refractivity contribution in [3.05, 3.63) is 95.6 Å². The maximum absolute atomic E-state index is 13.8. The lowest BCUT2D eigenvalue weighted by Crippen LogP contribution is -2.05. The molecule has 1 aromatic heterocycles. The quantitative estimate of drug-likeness (QED) is 0.424. The topological polar surface area (TPSA) is 54.9 Å². The number of ketones is 1. The fraction of sp³-hybridized carbons (Fsp3) is 0.115. The van der Waals surface area contributed by atoms with Gasteiger partial charge in [-0.25, -0.2) is 14.4 Å². The zero-order valence-corrected chi connectivity index (χ0v) is 16.8. The third kappa shape index (κ3) is 4.93. The van der Waals surface area contributed by atoms with Gasteiger partial charge in [-0.3, -0.25) is 4.79 Å². The summed E-state index contributed by atoms with van der Waals surface area (Å²) in [4.78, 5) is 21.2. The van der Waals surface area contributed by atoms with E-state index in [0.717, 1.165) is 27.7 Å². The average molecular weight is 409 g/mol. The van der Waals surface area contributed by atoms with Crippen molar-refractivity contribution in [1.29, 1.82) is 0 Å². The first-order valence-electron chi connectivity index (χ1n) is 9.95. The van der Waals surface area contributed by atoms with Crippen LogP contribution in [-0.4, -0.2) is 15.8 Å². The summed E-state index contributed by atoms with van der Waals surface area (Å²) in [5, 5.41) is 4.09. The summed E-state index contributed by atoms with van der Waals surface area (Å²) >= 11 is 0. The van der Waals surface area contributed by atoms with Crippen molar-refractivity contribution in [2.24, 2.45) is 0 Å². The molecule has 0 saturated carbocycles. The van der Waals surface area contributed by atoms with Crippen LogP contribution in [-0.2, 0) is 17.6 Å². The maximum atomic E-state index is 13.8. The minimum atomic E-state index is -0.275. The first-order chi connectivity index (χ1) is 15.1. The fourth-order valence-electron chi connectivity index (χ4n) is 3.43. The van der Waals surface area contributed by atoms with Crippen LogP contribution in [0.2, 0.25) is 0 Å². The van der Waals surface area contributed by atoms with Gasteiger partial charge < -0.3 is 5.32 Å². The third-order valence-electron chi connectivity index (χ3n) is 5.02. The van der Waals surface area contributed by atoms with Crippen molar-refractivity contribution in [2.75, 3.05) is 5.32 Å². The van der Waals surface area contributed by atoms with Gasteiger partial charge in [0, 0.05) is 29.5 Å². The van der Waals surface area contributed by atoms with Gasteiger partial charge in [0.25, 0.3) is 0 Å². The highest BCUT2D eigenvalue weighted by Crippen LogP contribution is 2.25. The summed E-state index contributed by atoms with van der Waals surface area (Å²) in [7, 11) is 0. The van der Waals surface area contributed by atoms with Crippen molar-refractivity contribution in [1.82, 2.24) is 9.97 Å². The molecule has 0 unspecified atom stereocenters. The molecule has 4 rings (SSSR count). The lowest BCUT2D eigenvalue weighted by atomic mass is 10.0. The normalized spacial score (nSPS) is 10.6. The highest BCUT2D eigenvalue weighted by atomic mass is 19.1. The van der Waals surface area contributed by atoms with E-state index in [1.807, 2.05) is 42.5 Å². The number of aryl methyl sites for hydroxylation is 1. The molecule has 0 spiro atoms. The molecule has 152 valence electrons. The molecule has 5 heteroatoms. The second-order valence-corrected chi connectivity index (χ2v) is 7.23. The van der Waals surface area contributed by atoms with Crippen LogP contribution in [0.5, 0.6) is 0 Å². The smallest absolute Gasteiger partial charge is 0.141 e. The number of terminal acetylenes is 1. The Labute approximate surface area is 180 Å². The van der Waals surface area contributed by atoms with Crippen molar-refractivity contribution in [3.8, 4) is 12.3 Å². The summed E-state index contributed by atoms with van der Waals surface area (Å²) < 4.78 is 13.8. The lowest BCUT2D eigenvalue weighted by Gasteiger charge is -2.10. The minimum Gasteiger partial charge on any atom is -0.340 e. The Morgan fingerprint density at radius 1 is 1.03 bits per heavy atom. The molecule has 0 aliphatic heterocycles. The molecule has 0 saturated heterocycles. The van der Waals surface area contributed by atoms with Gasteiger partial charge in [0.1, 0.15) is 23.7 Å². The number of benzene rings is 3. The van der Waals surface area contributed by atoms with E-state index in [4.69, 9.17) is 6.42 Å². The van der Waals surface area contributed by atoms with Crippen LogP contribution in [0.4, 0.5) is 15.9 Å². The molecule has 3 aromatic carbocycles. The molecule has 0 radical (unpaired) electrons. The Morgan fingerprint density at radius 2 is 1.90 bits per heavy atom. The number of fused-ring (bicyclic) bond motifs is 1. The van der Waals surface area contributed by atoms with Gasteiger partial charge in [-0.15, -0.1) is 6.42 Å². The summed E-state index contributed by atoms with van der Waals surface area (Å²) in [5.41, 5.74) is 3.78. The maximum Gasteiger partial charge on any atom is 0.141 e. The molecule has 4 aromatic rings. The lowest BCUT2D eigenvalue weighted by molar-refractivity contribution is -0.118. The number of hydrogen-bond donors (Lipinski definition) is 1. The molecule has 1 N–H and O–H groups in total. The van der Waals surface area contributed by atoms with Crippen LogP contribution in [0, 0.1) is 18.2 Å². The van der Waals surface area contributed by atoms with Gasteiger partial charge in [-0.05, 0) is 53.9 Å². The summed E-state index contributed by atoms with van der Waals surface area (Å²) in [5.74, 6) is 3.03. The van der Waals surface area contributed by atoms with Crippen LogP contribution in [0.25, 0.3) is 10.9 Å². The van der Waals surface area contributed by atoms with E-state index < -0.39 is 0 Å². The van der Waals surface area contributed by atoms with Crippen LogP contribution in [0.3, 0.4) is 0 Å². The first-order valence-corrected chi connectivity index (χ1v) is 9.95. The van der Waals surface area contributed by atoms with Gasteiger partial charge in [0.05, 0.1) is 5.52 Å². The van der Waals surface area contributed by atoms with Crippen molar-refractivity contribution >= 4 is 28.2 Å². The van der Waals surface area contributed by atoms with Crippen LogP contribution < -0.4 is 5.32 Å². The first kappa shape index (κ1) is 20.2. The Morgan fingerprint density at radius 3 is 2.74 bits per heavy atom. The van der Waals surface area contributed by atoms with Crippen molar-refractivity contribution in [3.63, 3.8) is 0 Å². The third-order valence-corrected chi connectivity index (χ3v) is 5.02. The van der Waals surface area contributed by atoms with E-state index in [1.54, 1.807) is 18.2 Å². The summed E-state index contributed by atoms with van der Waals surface area (Å²) in [6.07, 6.45) is 7.92. The number of hydrogen-bond acceptors (Lipinski definition) is 4. The average Bonchev–Trinajstić information content (AvgIpc) is 2.79. The number of carbonyl (C=O) groups excluding carboxylic acids is 1. The highest BCUT2D eigenvalue weighted by Gasteiger charge is 2.10. The van der Waals surface area contributed by atoms with Crippen LogP contribution in [0.15, 0.2) is 73.1 Å². The Kier molecular flexibility index (Phi) is 6.00. The molecule has 0 bridgehead atoms. The van der Waals surface area contributed by atoms with Gasteiger partial charge in [0.15, 0.2) is 0 Å². The molecule has 0 aliphatic carbocycles. The van der Waals surface area contributed by atoms with Crippen molar-refractivity contribution in [2.45, 2.75) is 19.3 Å². The molecule has 0 amide bonds. The SMILES string of the molecule is C#Cc1cccc(Nc2ncnc3ccc(CC(=O)CCc4ccccc4F)cc23)c1. The monoisotopic (exact) mass is 409 g/mol. The number of Topliss-reactive ketones (excluding diaryl/α,β-unsaturated/α-hetero) is 1. The van der Waals surface area contributed by atoms with E-state index in [1.165, 1.54) is 12.4 Å². The zero-order valence-electron chi connectivity index (χ0n) is 16.8. The van der Waals surface area contributed by atoms with Gasteiger partial charge in [-0.1, -0.05) is 36.3 Å². The zero-order chi connectivity index (χ0) is 21.6. The van der Waals surface area contributed by atoms with Gasteiger partial charge in [0.2, 0.25) is 0 Å². The van der Waals surface area contributed by atoms with E-state index in [0.29, 0.717) is 17.8 Å². The van der Waals surface area contributed by atoms with Crippen molar-refractivity contribution < 1.29 is 9.18 Å². The van der Waals surface area contributed by atoms with Gasteiger partial charge >= 0.3 is 0 Å². The molecule has 0 atom stereocenters. The number of aromatic nitrogens is 2. The number of nitrogens with zero attached hydrogens (tertiary/aromatic N) is 2. The van der Waals surface area contributed by atoms with Crippen LogP contribution >= 0.6 is 0 Å². The molecule has 31 heavy (non-hydrogen) atoms. The number of carbonyl (C=O) groups is 1. The predicted molar refractivity (Wildman–Crippen MR) is 121 cm³/mol. The second kappa shape index (κ2) is 9.19. The Hall–Kier alpha value is -4.04. The number of anilines is 2. The molecular formula is C26H20FN3O. The fourth-order valence-corrected chi connectivity index (χ4v) is 3.43.